The quantitative estimate of drug-likeness (QED) is 0.636. The van der Waals surface area contributed by atoms with Crippen molar-refractivity contribution in [3.05, 3.63) is 66.1 Å². The van der Waals surface area contributed by atoms with E-state index in [0.717, 1.165) is 16.0 Å². The summed E-state index contributed by atoms with van der Waals surface area (Å²) in [7, 11) is 0. The molecule has 0 spiro atoms. The van der Waals surface area contributed by atoms with Crippen molar-refractivity contribution in [3.63, 3.8) is 0 Å². The molecule has 0 saturated carbocycles. The van der Waals surface area contributed by atoms with E-state index in [1.165, 1.54) is 5.01 Å². The number of amides is 2. The molecular weight excluding hydrogens is 372 g/mol. The van der Waals surface area contributed by atoms with Gasteiger partial charge in [-0.1, -0.05) is 52.8 Å². The summed E-state index contributed by atoms with van der Waals surface area (Å²) in [4.78, 5) is 31.2. The molecule has 144 valence electrons. The van der Waals surface area contributed by atoms with Crippen molar-refractivity contribution in [2.45, 2.75) is 25.6 Å². The van der Waals surface area contributed by atoms with Crippen LogP contribution in [-0.2, 0) is 16.1 Å². The Morgan fingerprint density at radius 2 is 1.76 bits per heavy atom. The van der Waals surface area contributed by atoms with Crippen LogP contribution in [0.25, 0.3) is 11.4 Å². The molecule has 29 heavy (non-hydrogen) atoms. The van der Waals surface area contributed by atoms with Crippen LogP contribution in [0.2, 0.25) is 0 Å². The zero-order valence-electron chi connectivity index (χ0n) is 15.5. The number of carbonyl (C=O) groups is 2. The summed E-state index contributed by atoms with van der Waals surface area (Å²) in [6.45, 7) is 2.05. The number of nitrogens with zero attached hydrogens (tertiary/aromatic N) is 6. The molecule has 3 aromatic rings. The van der Waals surface area contributed by atoms with E-state index in [-0.39, 0.29) is 18.4 Å². The van der Waals surface area contributed by atoms with Crippen molar-refractivity contribution in [1.29, 1.82) is 0 Å². The maximum Gasteiger partial charge on any atom is 0.263 e. The predicted octanol–water partition coefficient (Wildman–Crippen LogP) is 2.54. The molecule has 2 amide bonds. The van der Waals surface area contributed by atoms with Crippen LogP contribution in [0.5, 0.6) is 0 Å². The van der Waals surface area contributed by atoms with Gasteiger partial charge in [0, 0.05) is 5.56 Å². The van der Waals surface area contributed by atoms with Crippen molar-refractivity contribution < 1.29 is 14.1 Å². The van der Waals surface area contributed by atoms with Crippen LogP contribution in [-0.4, -0.2) is 39.0 Å². The van der Waals surface area contributed by atoms with E-state index >= 15 is 0 Å². The van der Waals surface area contributed by atoms with Crippen molar-refractivity contribution in [3.8, 4) is 11.4 Å². The molecule has 0 bridgehead atoms. The normalized spacial score (nSPS) is 20.6. The Morgan fingerprint density at radius 3 is 2.55 bits per heavy atom. The van der Waals surface area contributed by atoms with Gasteiger partial charge in [0.1, 0.15) is 6.54 Å². The molecule has 3 heterocycles. The predicted molar refractivity (Wildman–Crippen MR) is 101 cm³/mol. The number of anilines is 1. The van der Waals surface area contributed by atoms with E-state index in [4.69, 9.17) is 4.52 Å². The van der Waals surface area contributed by atoms with Crippen LogP contribution in [0, 0.1) is 6.92 Å². The van der Waals surface area contributed by atoms with E-state index in [0.29, 0.717) is 17.4 Å². The number of rotatable bonds is 4. The van der Waals surface area contributed by atoms with Gasteiger partial charge in [0.25, 0.3) is 11.8 Å². The molecule has 0 aliphatic carbocycles. The number of aryl methyl sites for hydroxylation is 1. The van der Waals surface area contributed by atoms with E-state index in [9.17, 15) is 9.59 Å². The molecule has 2 unspecified atom stereocenters. The van der Waals surface area contributed by atoms with E-state index in [1.54, 1.807) is 24.3 Å². The van der Waals surface area contributed by atoms with Gasteiger partial charge in [-0.05, 0) is 24.6 Å². The zero-order valence-corrected chi connectivity index (χ0v) is 15.5. The molecule has 1 aromatic heterocycles. The number of fused-ring (bicyclic) bond motifs is 1. The molecule has 2 aliphatic rings. The molecule has 9 nitrogen and oxygen atoms in total. The van der Waals surface area contributed by atoms with Crippen LogP contribution in [0.15, 0.2) is 69.5 Å². The highest BCUT2D eigenvalue weighted by Gasteiger charge is 2.55. The Labute approximate surface area is 165 Å². The molecule has 1 fully saturated rings. The Hall–Kier alpha value is -3.88. The standard InChI is InChI=1S/C20H16N6O3/c1-12-7-5-6-10-14(12)18-21-15(29-23-18)11-25-17-16(22-24-25)19(27)26(20(17)28)13-8-3-2-4-9-13/h2-10,16-17H,11H2,1H3. The summed E-state index contributed by atoms with van der Waals surface area (Å²) in [6.07, 6.45) is 0. The third kappa shape index (κ3) is 2.78. The Morgan fingerprint density at radius 1 is 1.00 bits per heavy atom. The van der Waals surface area contributed by atoms with E-state index in [1.807, 2.05) is 37.3 Å². The van der Waals surface area contributed by atoms with Crippen molar-refractivity contribution in [1.82, 2.24) is 15.1 Å². The van der Waals surface area contributed by atoms with Gasteiger partial charge in [-0.25, -0.2) is 4.90 Å². The summed E-state index contributed by atoms with van der Waals surface area (Å²) < 4.78 is 5.34. The fraction of sp³-hybridized carbons (Fsp3) is 0.200. The van der Waals surface area contributed by atoms with Gasteiger partial charge in [-0.3, -0.25) is 14.6 Å². The minimum Gasteiger partial charge on any atom is -0.337 e. The molecule has 2 atom stereocenters. The van der Waals surface area contributed by atoms with E-state index < -0.39 is 12.1 Å². The number of para-hydroxylation sites is 1. The number of imide groups is 1. The smallest absolute Gasteiger partial charge is 0.263 e. The molecular formula is C20H16N6O3. The molecule has 5 rings (SSSR count). The highest BCUT2D eigenvalue weighted by atomic mass is 16.5. The summed E-state index contributed by atoms with van der Waals surface area (Å²) >= 11 is 0. The average Bonchev–Trinajstić information content (AvgIpc) is 3.42. The number of aromatic nitrogens is 2. The Balaban J connectivity index is 1.38. The summed E-state index contributed by atoms with van der Waals surface area (Å²) in [5.74, 6) is 0.00482. The number of hydrogen-bond donors (Lipinski definition) is 0. The maximum atomic E-state index is 12.9. The number of carbonyl (C=O) groups excluding carboxylic acids is 2. The highest BCUT2D eigenvalue weighted by Crippen LogP contribution is 2.32. The lowest BCUT2D eigenvalue weighted by molar-refractivity contribution is -0.123. The molecule has 9 heteroatoms. The zero-order chi connectivity index (χ0) is 20.0. The van der Waals surface area contributed by atoms with Crippen LogP contribution >= 0.6 is 0 Å². The molecule has 1 saturated heterocycles. The van der Waals surface area contributed by atoms with Crippen LogP contribution in [0.1, 0.15) is 11.5 Å². The first kappa shape index (κ1) is 17.2. The first-order chi connectivity index (χ1) is 14.1. The van der Waals surface area contributed by atoms with Gasteiger partial charge in [0.2, 0.25) is 11.7 Å². The first-order valence-electron chi connectivity index (χ1n) is 9.12. The number of hydrogen-bond acceptors (Lipinski definition) is 8. The lowest BCUT2D eigenvalue weighted by Crippen LogP contribution is -2.39. The third-order valence-electron chi connectivity index (χ3n) is 5.02. The topological polar surface area (TPSA) is 104 Å². The summed E-state index contributed by atoms with van der Waals surface area (Å²) in [6, 6.07) is 14.8. The first-order valence-corrected chi connectivity index (χ1v) is 9.12. The molecule has 0 radical (unpaired) electrons. The fourth-order valence-electron chi connectivity index (χ4n) is 3.58. The second-order valence-corrected chi connectivity index (χ2v) is 6.87. The average molecular weight is 388 g/mol. The maximum absolute atomic E-state index is 12.9. The second kappa shape index (κ2) is 6.62. The van der Waals surface area contributed by atoms with Crippen LogP contribution in [0.4, 0.5) is 5.69 Å². The van der Waals surface area contributed by atoms with Gasteiger partial charge >= 0.3 is 0 Å². The van der Waals surface area contributed by atoms with Gasteiger partial charge < -0.3 is 4.52 Å². The Kier molecular flexibility index (Phi) is 3.94. The highest BCUT2D eigenvalue weighted by molar-refractivity contribution is 6.25. The lowest BCUT2D eigenvalue weighted by Gasteiger charge is -2.19. The van der Waals surface area contributed by atoms with Crippen molar-refractivity contribution in [2.75, 3.05) is 4.90 Å². The minimum atomic E-state index is -0.860. The Bertz CT molecular complexity index is 1130. The van der Waals surface area contributed by atoms with Crippen molar-refractivity contribution >= 4 is 17.5 Å². The summed E-state index contributed by atoms with van der Waals surface area (Å²) in [5, 5.41) is 13.5. The molecule has 2 aliphatic heterocycles. The van der Waals surface area contributed by atoms with Gasteiger partial charge in [-0.2, -0.15) is 10.1 Å². The lowest BCUT2D eigenvalue weighted by atomic mass is 10.1. The van der Waals surface area contributed by atoms with Gasteiger partial charge in [0.05, 0.1) is 5.69 Å². The van der Waals surface area contributed by atoms with Crippen LogP contribution in [0.3, 0.4) is 0 Å². The van der Waals surface area contributed by atoms with Gasteiger partial charge in [0.15, 0.2) is 12.1 Å². The summed E-state index contributed by atoms with van der Waals surface area (Å²) in [5.41, 5.74) is 2.41. The largest absolute Gasteiger partial charge is 0.337 e. The SMILES string of the molecule is Cc1ccccc1-c1noc(CN2N=NC3C(=O)N(c4ccccc4)C(=O)C32)n1. The fourth-order valence-corrected chi connectivity index (χ4v) is 3.58. The van der Waals surface area contributed by atoms with Crippen molar-refractivity contribution in [2.24, 2.45) is 10.3 Å². The monoisotopic (exact) mass is 388 g/mol. The van der Waals surface area contributed by atoms with E-state index in [2.05, 4.69) is 20.5 Å². The molecule has 0 N–H and O–H groups in total. The van der Waals surface area contributed by atoms with Crippen LogP contribution < -0.4 is 4.90 Å². The van der Waals surface area contributed by atoms with Gasteiger partial charge in [-0.15, -0.1) is 0 Å². The second-order valence-electron chi connectivity index (χ2n) is 6.87. The third-order valence-corrected chi connectivity index (χ3v) is 5.02. The molecule has 2 aromatic carbocycles. The minimum absolute atomic E-state index is 0.0885. The number of benzene rings is 2.